The fraction of sp³-hybridized carbons (Fsp3) is 1.00. The number of nitrogens with zero attached hydrogens (tertiary/aromatic N) is 1. The Hall–Kier alpha value is -0.120. The van der Waals surface area contributed by atoms with Gasteiger partial charge in [-0.3, -0.25) is 0 Å². The topological polar surface area (TPSA) is 32.7 Å². The van der Waals surface area contributed by atoms with E-state index in [0.29, 0.717) is 5.92 Å². The number of hydrogen-bond acceptors (Lipinski definition) is 3. The van der Waals surface area contributed by atoms with Crippen LogP contribution < -0.4 is 0 Å². The van der Waals surface area contributed by atoms with Gasteiger partial charge >= 0.3 is 0 Å². The van der Waals surface area contributed by atoms with Crippen molar-refractivity contribution >= 4 is 0 Å². The van der Waals surface area contributed by atoms with Crippen LogP contribution in [0.4, 0.5) is 0 Å². The summed E-state index contributed by atoms with van der Waals surface area (Å²) in [5.41, 5.74) is -0.393. The first-order valence-corrected chi connectivity index (χ1v) is 6.27. The Morgan fingerprint density at radius 1 is 1.27 bits per heavy atom. The van der Waals surface area contributed by atoms with Crippen LogP contribution in [0.1, 0.15) is 32.6 Å². The quantitative estimate of drug-likeness (QED) is 0.749. The second kappa shape index (κ2) is 4.81. The molecule has 15 heavy (non-hydrogen) atoms. The predicted octanol–water partition coefficient (Wildman–Crippen LogP) is 1.26. The van der Waals surface area contributed by atoms with Crippen molar-refractivity contribution in [2.75, 3.05) is 32.8 Å². The third-order valence-electron chi connectivity index (χ3n) is 4.15. The van der Waals surface area contributed by atoms with Crippen LogP contribution in [0, 0.1) is 5.92 Å². The first-order valence-electron chi connectivity index (χ1n) is 6.27. The number of aliphatic hydroxyl groups is 1. The average Bonchev–Trinajstić information content (AvgIpc) is 2.31. The first-order chi connectivity index (χ1) is 7.24. The highest BCUT2D eigenvalue weighted by atomic mass is 16.5. The Bertz CT molecular complexity index is 194. The van der Waals surface area contributed by atoms with Crippen LogP contribution in [-0.4, -0.2) is 48.5 Å². The van der Waals surface area contributed by atoms with E-state index in [2.05, 4.69) is 11.8 Å². The molecule has 2 rings (SSSR count). The first kappa shape index (κ1) is 11.4. The second-order valence-electron chi connectivity index (χ2n) is 4.92. The Morgan fingerprint density at radius 3 is 2.40 bits per heavy atom. The Kier molecular flexibility index (Phi) is 3.65. The summed E-state index contributed by atoms with van der Waals surface area (Å²) in [4.78, 5) is 2.42. The molecule has 2 saturated heterocycles. The number of rotatable bonds is 2. The molecule has 0 unspecified atom stereocenters. The van der Waals surface area contributed by atoms with Gasteiger partial charge in [0, 0.05) is 26.3 Å². The third kappa shape index (κ3) is 2.52. The van der Waals surface area contributed by atoms with Gasteiger partial charge in [0.25, 0.3) is 0 Å². The molecular formula is C12H23NO2. The maximum Gasteiger partial charge on any atom is 0.0701 e. The van der Waals surface area contributed by atoms with Gasteiger partial charge < -0.3 is 14.7 Å². The summed E-state index contributed by atoms with van der Waals surface area (Å²) in [6.07, 6.45) is 3.99. The molecule has 0 spiro atoms. The highest BCUT2D eigenvalue weighted by Crippen LogP contribution is 2.35. The molecule has 0 saturated carbocycles. The number of ether oxygens (including phenoxy) is 1. The van der Waals surface area contributed by atoms with Crippen molar-refractivity contribution in [3.05, 3.63) is 0 Å². The molecule has 0 atom stereocenters. The lowest BCUT2D eigenvalue weighted by molar-refractivity contribution is -0.0975. The van der Waals surface area contributed by atoms with Gasteiger partial charge in [0.15, 0.2) is 0 Å². The van der Waals surface area contributed by atoms with E-state index in [1.54, 1.807) is 0 Å². The molecule has 0 radical (unpaired) electrons. The average molecular weight is 213 g/mol. The van der Waals surface area contributed by atoms with Crippen LogP contribution in [0.3, 0.4) is 0 Å². The van der Waals surface area contributed by atoms with E-state index >= 15 is 0 Å². The fourth-order valence-corrected chi connectivity index (χ4v) is 2.90. The molecule has 0 bridgehead atoms. The van der Waals surface area contributed by atoms with E-state index in [4.69, 9.17) is 4.74 Å². The fourth-order valence-electron chi connectivity index (χ4n) is 2.90. The van der Waals surface area contributed by atoms with Crippen LogP contribution >= 0.6 is 0 Å². The van der Waals surface area contributed by atoms with Crippen LogP contribution in [-0.2, 0) is 4.74 Å². The zero-order chi connectivity index (χ0) is 10.7. The highest BCUT2D eigenvalue weighted by Gasteiger charge is 2.39. The normalized spacial score (nSPS) is 29.2. The van der Waals surface area contributed by atoms with Gasteiger partial charge in [-0.1, -0.05) is 6.92 Å². The molecule has 2 aliphatic heterocycles. The summed E-state index contributed by atoms with van der Waals surface area (Å²) < 4.78 is 5.36. The SMILES string of the molecule is CCN1CCC(O)(C2CCOCC2)CC1. The smallest absolute Gasteiger partial charge is 0.0701 e. The molecule has 0 aromatic carbocycles. The highest BCUT2D eigenvalue weighted by molar-refractivity contribution is 4.92. The minimum atomic E-state index is -0.393. The summed E-state index contributed by atoms with van der Waals surface area (Å²) in [6.45, 7) is 7.10. The lowest BCUT2D eigenvalue weighted by atomic mass is 9.76. The minimum absolute atomic E-state index is 0.393. The molecular weight excluding hydrogens is 190 g/mol. The van der Waals surface area contributed by atoms with E-state index < -0.39 is 5.60 Å². The largest absolute Gasteiger partial charge is 0.389 e. The minimum Gasteiger partial charge on any atom is -0.389 e. The van der Waals surface area contributed by atoms with Gasteiger partial charge in [-0.2, -0.15) is 0 Å². The zero-order valence-electron chi connectivity index (χ0n) is 9.74. The van der Waals surface area contributed by atoms with Crippen molar-refractivity contribution in [3.63, 3.8) is 0 Å². The molecule has 0 aromatic rings. The molecule has 2 fully saturated rings. The molecule has 3 heteroatoms. The van der Waals surface area contributed by atoms with Crippen molar-refractivity contribution in [2.24, 2.45) is 5.92 Å². The lowest BCUT2D eigenvalue weighted by Crippen LogP contribution is -2.50. The van der Waals surface area contributed by atoms with E-state index in [1.165, 1.54) is 0 Å². The molecule has 2 aliphatic rings. The molecule has 3 nitrogen and oxygen atoms in total. The Morgan fingerprint density at radius 2 is 1.87 bits per heavy atom. The molecule has 2 heterocycles. The van der Waals surface area contributed by atoms with Crippen LogP contribution in [0.5, 0.6) is 0 Å². The summed E-state index contributed by atoms with van der Waals surface area (Å²) in [6, 6.07) is 0. The van der Waals surface area contributed by atoms with E-state index in [-0.39, 0.29) is 0 Å². The lowest BCUT2D eigenvalue weighted by Gasteiger charge is -2.44. The summed E-state index contributed by atoms with van der Waals surface area (Å²) in [5, 5.41) is 10.6. The van der Waals surface area contributed by atoms with Gasteiger partial charge in [-0.15, -0.1) is 0 Å². The molecule has 0 aromatic heterocycles. The third-order valence-corrected chi connectivity index (χ3v) is 4.15. The maximum atomic E-state index is 10.6. The number of hydrogen-bond donors (Lipinski definition) is 1. The second-order valence-corrected chi connectivity index (χ2v) is 4.92. The maximum absolute atomic E-state index is 10.6. The number of likely N-dealkylation sites (tertiary alicyclic amines) is 1. The molecule has 88 valence electrons. The van der Waals surface area contributed by atoms with Crippen molar-refractivity contribution < 1.29 is 9.84 Å². The van der Waals surface area contributed by atoms with Gasteiger partial charge in [-0.05, 0) is 38.1 Å². The molecule has 0 amide bonds. The zero-order valence-corrected chi connectivity index (χ0v) is 9.74. The Labute approximate surface area is 92.4 Å². The predicted molar refractivity (Wildman–Crippen MR) is 59.8 cm³/mol. The van der Waals surface area contributed by atoms with Gasteiger partial charge in [-0.25, -0.2) is 0 Å². The van der Waals surface area contributed by atoms with Gasteiger partial charge in [0.2, 0.25) is 0 Å². The van der Waals surface area contributed by atoms with Crippen LogP contribution in [0.25, 0.3) is 0 Å². The van der Waals surface area contributed by atoms with Gasteiger partial charge in [0.1, 0.15) is 0 Å². The monoisotopic (exact) mass is 213 g/mol. The van der Waals surface area contributed by atoms with Crippen molar-refractivity contribution in [3.8, 4) is 0 Å². The van der Waals surface area contributed by atoms with Gasteiger partial charge in [0.05, 0.1) is 5.60 Å². The van der Waals surface area contributed by atoms with Crippen LogP contribution in [0.15, 0.2) is 0 Å². The summed E-state index contributed by atoms with van der Waals surface area (Å²) in [5.74, 6) is 0.477. The van der Waals surface area contributed by atoms with Crippen molar-refractivity contribution in [2.45, 2.75) is 38.2 Å². The van der Waals surface area contributed by atoms with E-state index in [9.17, 15) is 5.11 Å². The van der Waals surface area contributed by atoms with Crippen LogP contribution in [0.2, 0.25) is 0 Å². The van der Waals surface area contributed by atoms with E-state index in [1.807, 2.05) is 0 Å². The Balaban J connectivity index is 1.89. The van der Waals surface area contributed by atoms with Crippen molar-refractivity contribution in [1.82, 2.24) is 4.90 Å². The molecule has 1 N–H and O–H groups in total. The standard InChI is InChI=1S/C12H23NO2/c1-2-13-7-5-12(14,6-8-13)11-3-9-15-10-4-11/h11,14H,2-10H2,1H3. The summed E-state index contributed by atoms with van der Waals surface area (Å²) in [7, 11) is 0. The van der Waals surface area contributed by atoms with E-state index in [0.717, 1.165) is 58.5 Å². The molecule has 0 aliphatic carbocycles. The summed E-state index contributed by atoms with van der Waals surface area (Å²) >= 11 is 0. The number of piperidine rings is 1. The van der Waals surface area contributed by atoms with Crippen molar-refractivity contribution in [1.29, 1.82) is 0 Å².